The molecule has 0 aliphatic rings. The summed E-state index contributed by atoms with van der Waals surface area (Å²) in [6.07, 6.45) is 6.89. The van der Waals surface area contributed by atoms with E-state index >= 15 is 0 Å². The SMILES string of the molecule is C#C[C@H](CC)NC(=O)OC(C)(C)C.CC(C)(C)[Si](C)(C)OCCOc1ccc(F)cc1Br.CC[C@@H](C#Cc1cc(F)ccc1OCCO)NC(=O)OC(C)(C)C.CC[C@@H](CCc1cc(F)ccc1OCCO)NC(=O)OC(C)(C)C. The predicted octanol–water partition coefficient (Wildman–Crippen LogP) is 13.2. The first-order valence-electron chi connectivity index (χ1n) is 26.8. The first kappa shape index (κ1) is 74.4. The fourth-order valence-corrected chi connectivity index (χ4v) is 7.42. The third-order valence-corrected chi connectivity index (χ3v) is 16.1. The second-order valence-corrected chi connectivity index (χ2v) is 28.2. The van der Waals surface area contributed by atoms with Crippen molar-refractivity contribution in [2.75, 3.05) is 39.6 Å². The lowest BCUT2D eigenvalue weighted by molar-refractivity contribution is 0.0492. The molecule has 0 radical (unpaired) electrons. The number of terminal acetylenes is 1. The molecule has 3 rings (SSSR count). The Hall–Kier alpha value is -5.64. The van der Waals surface area contributed by atoms with Crippen LogP contribution in [0.3, 0.4) is 0 Å². The summed E-state index contributed by atoms with van der Waals surface area (Å²) in [5.74, 6) is 8.66. The molecule has 0 fully saturated rings. The van der Waals surface area contributed by atoms with Gasteiger partial charge in [0.2, 0.25) is 0 Å². The third kappa shape index (κ3) is 34.5. The van der Waals surface area contributed by atoms with E-state index in [2.05, 4.69) is 83.5 Å². The number of ether oxygens (including phenoxy) is 6. The number of aryl methyl sites for hydroxylation is 1. The van der Waals surface area contributed by atoms with Gasteiger partial charge in [-0.05, 0) is 189 Å². The van der Waals surface area contributed by atoms with Crippen LogP contribution in [0.1, 0.15) is 141 Å². The van der Waals surface area contributed by atoms with E-state index in [4.69, 9.17) is 49.5 Å². The topological polar surface area (TPSA) is 192 Å². The zero-order valence-electron chi connectivity index (χ0n) is 50.3. The zero-order valence-corrected chi connectivity index (χ0v) is 52.9. The average Bonchev–Trinajstić information content (AvgIpc) is 3.33. The van der Waals surface area contributed by atoms with Crippen LogP contribution < -0.4 is 30.2 Å². The Morgan fingerprint density at radius 1 is 0.613 bits per heavy atom. The van der Waals surface area contributed by atoms with Crippen LogP contribution in [0.25, 0.3) is 0 Å². The molecule has 0 spiro atoms. The van der Waals surface area contributed by atoms with E-state index in [1.54, 1.807) is 32.9 Å². The van der Waals surface area contributed by atoms with Gasteiger partial charge in [-0.3, -0.25) is 0 Å². The van der Waals surface area contributed by atoms with Crippen molar-refractivity contribution in [2.24, 2.45) is 0 Å². The molecule has 80 heavy (non-hydrogen) atoms. The molecule has 0 aromatic heterocycles. The molecule has 0 saturated carbocycles. The minimum absolute atomic E-state index is 0.0752. The first-order chi connectivity index (χ1) is 37.0. The third-order valence-electron chi connectivity index (χ3n) is 10.9. The molecule has 0 heterocycles. The number of benzene rings is 3. The van der Waals surface area contributed by atoms with Crippen LogP contribution in [-0.2, 0) is 25.1 Å². The second kappa shape index (κ2) is 36.7. The van der Waals surface area contributed by atoms with E-state index in [-0.39, 0.29) is 55.2 Å². The molecule has 0 aliphatic carbocycles. The minimum atomic E-state index is -1.72. The maximum absolute atomic E-state index is 13.5. The molecule has 450 valence electrons. The number of rotatable bonds is 20. The van der Waals surface area contributed by atoms with Crippen LogP contribution in [0, 0.1) is 41.6 Å². The lowest BCUT2D eigenvalue weighted by Gasteiger charge is -2.36. The molecule has 15 nitrogen and oxygen atoms in total. The number of alkyl carbamates (subject to hydrolysis) is 3. The van der Waals surface area contributed by atoms with E-state index in [0.29, 0.717) is 71.7 Å². The van der Waals surface area contributed by atoms with Crippen molar-refractivity contribution >= 4 is 42.5 Å². The van der Waals surface area contributed by atoms with Gasteiger partial charge in [-0.2, -0.15) is 0 Å². The summed E-state index contributed by atoms with van der Waals surface area (Å²) in [4.78, 5) is 34.8. The lowest BCUT2D eigenvalue weighted by atomic mass is 10.0. The molecule has 5 N–H and O–H groups in total. The Morgan fingerprint density at radius 3 is 1.50 bits per heavy atom. The maximum Gasteiger partial charge on any atom is 0.408 e. The average molecular weight is 1210 g/mol. The van der Waals surface area contributed by atoms with Gasteiger partial charge in [-0.15, -0.1) is 6.42 Å². The molecular weight excluding hydrogens is 1120 g/mol. The van der Waals surface area contributed by atoms with Crippen molar-refractivity contribution in [1.29, 1.82) is 0 Å². The summed E-state index contributed by atoms with van der Waals surface area (Å²) in [6.45, 7) is 34.0. The zero-order chi connectivity index (χ0) is 61.5. The molecule has 3 atom stereocenters. The van der Waals surface area contributed by atoms with Crippen LogP contribution in [0.5, 0.6) is 17.2 Å². The number of carbonyl (C=O) groups is 3. The summed E-state index contributed by atoms with van der Waals surface area (Å²) >= 11 is 3.27. The van der Waals surface area contributed by atoms with Crippen molar-refractivity contribution in [1.82, 2.24) is 16.0 Å². The molecule has 20 heteroatoms. The van der Waals surface area contributed by atoms with Gasteiger partial charge >= 0.3 is 18.3 Å². The Labute approximate surface area is 484 Å². The molecule has 0 aliphatic heterocycles. The van der Waals surface area contributed by atoms with Gasteiger partial charge in [-0.25, -0.2) is 27.6 Å². The number of carbonyl (C=O) groups excluding carboxylic acids is 3. The van der Waals surface area contributed by atoms with Crippen molar-refractivity contribution < 1.29 is 70.6 Å². The maximum atomic E-state index is 13.5. The fraction of sp³-hybridized carbons (Fsp3) is 0.583. The molecule has 3 amide bonds. The molecule has 3 aromatic carbocycles. The van der Waals surface area contributed by atoms with Gasteiger partial charge in [0.25, 0.3) is 0 Å². The number of halogens is 4. The van der Waals surface area contributed by atoms with E-state index in [1.807, 2.05) is 62.3 Å². The molecular formula is C60H91BrF3N3O12Si. The smallest absolute Gasteiger partial charge is 0.408 e. The van der Waals surface area contributed by atoms with E-state index in [0.717, 1.165) is 6.42 Å². The van der Waals surface area contributed by atoms with Gasteiger partial charge in [0, 0.05) is 6.04 Å². The number of nitrogens with one attached hydrogen (secondary N) is 3. The molecule has 0 bridgehead atoms. The summed E-state index contributed by atoms with van der Waals surface area (Å²) in [6, 6.07) is 11.9. The largest absolute Gasteiger partial charge is 0.491 e. The number of aliphatic hydroxyl groups is 2. The summed E-state index contributed by atoms with van der Waals surface area (Å²) < 4.78 is 78.2. The Bertz CT molecular complexity index is 2440. The number of hydrogen-bond acceptors (Lipinski definition) is 12. The predicted molar refractivity (Wildman–Crippen MR) is 315 cm³/mol. The van der Waals surface area contributed by atoms with Gasteiger partial charge in [0.1, 0.15) is 71.3 Å². The normalized spacial score (nSPS) is 12.4. The second-order valence-electron chi connectivity index (χ2n) is 22.5. The summed E-state index contributed by atoms with van der Waals surface area (Å²) in [5, 5.41) is 26.0. The minimum Gasteiger partial charge on any atom is -0.491 e. The van der Waals surface area contributed by atoms with Crippen molar-refractivity contribution in [2.45, 2.75) is 189 Å². The number of amides is 3. The van der Waals surface area contributed by atoms with Crippen LogP contribution in [0.2, 0.25) is 18.1 Å². The highest BCUT2D eigenvalue weighted by atomic mass is 79.9. The van der Waals surface area contributed by atoms with Gasteiger partial charge < -0.3 is 59.0 Å². The van der Waals surface area contributed by atoms with Gasteiger partial charge in [-0.1, -0.05) is 59.3 Å². The standard InChI is InChI=1S/C18H28FNO4.C18H24FNO4.C14H22BrFO2Si.C10H17NO2/c2*1-5-15(20-17(22)24-18(2,3)4)8-6-13-12-14(19)7-9-16(13)23-11-10-21;1-14(2,3)19(4,5)18-9-8-17-13-7-6-11(16)10-12(13)15;1-6-8(7-2)11-9(12)13-10(3,4)5/h7,9,12,15,21H,5-6,8,10-11H2,1-4H3,(H,20,22);7,9,12,15,21H,5,10-11H2,1-4H3,(H,20,22);6-7,10H,8-9H2,1-5H3;1,8H,7H2,2-5H3,(H,11,12)/t2*15-;;8-/m00.1/s1. The summed E-state index contributed by atoms with van der Waals surface area (Å²) in [7, 11) is -1.72. The molecule has 0 unspecified atom stereocenters. The lowest BCUT2D eigenvalue weighted by Crippen LogP contribution is -2.41. The Morgan fingerprint density at radius 2 is 1.05 bits per heavy atom. The highest BCUT2D eigenvalue weighted by molar-refractivity contribution is 9.10. The molecule has 0 saturated heterocycles. The highest BCUT2D eigenvalue weighted by Gasteiger charge is 2.37. The molecule has 3 aromatic rings. The van der Waals surface area contributed by atoms with Crippen LogP contribution in [0.15, 0.2) is 59.1 Å². The van der Waals surface area contributed by atoms with E-state index in [1.165, 1.54) is 42.5 Å². The number of aliphatic hydroxyl groups excluding tert-OH is 2. The first-order valence-corrected chi connectivity index (χ1v) is 30.5. The Kier molecular flexibility index (Phi) is 34.1. The quantitative estimate of drug-likeness (QED) is 0.0312. The van der Waals surface area contributed by atoms with Crippen LogP contribution in [-0.4, -0.2) is 111 Å². The van der Waals surface area contributed by atoms with Crippen molar-refractivity contribution in [3.8, 4) is 41.4 Å². The van der Waals surface area contributed by atoms with Crippen LogP contribution in [0.4, 0.5) is 27.6 Å². The van der Waals surface area contributed by atoms with Gasteiger partial charge in [0.15, 0.2) is 8.32 Å². The summed E-state index contributed by atoms with van der Waals surface area (Å²) in [5.41, 5.74) is -0.544. The van der Waals surface area contributed by atoms with Crippen LogP contribution >= 0.6 is 15.9 Å². The van der Waals surface area contributed by atoms with E-state index < -0.39 is 55.3 Å². The number of hydrogen-bond donors (Lipinski definition) is 5. The van der Waals surface area contributed by atoms with Gasteiger partial charge in [0.05, 0.1) is 41.9 Å². The van der Waals surface area contributed by atoms with Crippen molar-refractivity contribution in [3.05, 3.63) is 87.6 Å². The Balaban J connectivity index is 0.00000106. The fourth-order valence-electron chi connectivity index (χ4n) is 5.93. The highest BCUT2D eigenvalue weighted by Crippen LogP contribution is 2.36. The monoisotopic (exact) mass is 1210 g/mol. The van der Waals surface area contributed by atoms with Crippen molar-refractivity contribution in [3.63, 3.8) is 0 Å². The van der Waals surface area contributed by atoms with E-state index in [9.17, 15) is 27.6 Å².